The van der Waals surface area contributed by atoms with Crippen LogP contribution in [-0.2, 0) is 14.3 Å². The molecule has 0 saturated heterocycles. The first kappa shape index (κ1) is 16.6. The van der Waals surface area contributed by atoms with E-state index < -0.39 is 0 Å². The Labute approximate surface area is 110 Å². The summed E-state index contributed by atoms with van der Waals surface area (Å²) in [7, 11) is 1.35. The Morgan fingerprint density at radius 2 is 2.00 bits per heavy atom. The second-order valence-electron chi connectivity index (χ2n) is 4.25. The third-order valence-corrected chi connectivity index (χ3v) is 2.94. The molecule has 0 saturated carbocycles. The van der Waals surface area contributed by atoms with Gasteiger partial charge in [0.2, 0.25) is 0 Å². The number of ketones is 1. The molecule has 2 atom stereocenters. The van der Waals surface area contributed by atoms with E-state index in [2.05, 4.69) is 36.8 Å². The average molecular weight is 252 g/mol. The van der Waals surface area contributed by atoms with Crippen molar-refractivity contribution in [3.05, 3.63) is 24.3 Å². The van der Waals surface area contributed by atoms with Gasteiger partial charge in [-0.2, -0.15) is 0 Å². The van der Waals surface area contributed by atoms with Crippen molar-refractivity contribution < 1.29 is 14.3 Å². The lowest BCUT2D eigenvalue weighted by Crippen LogP contribution is -2.14. The first-order valence-corrected chi connectivity index (χ1v) is 6.48. The Hall–Kier alpha value is -1.38. The van der Waals surface area contributed by atoms with E-state index in [1.54, 1.807) is 6.08 Å². The molecule has 18 heavy (non-hydrogen) atoms. The molecule has 0 N–H and O–H groups in total. The third kappa shape index (κ3) is 6.38. The summed E-state index contributed by atoms with van der Waals surface area (Å²) in [5.74, 6) is 0.777. The van der Waals surface area contributed by atoms with Crippen LogP contribution in [0.15, 0.2) is 24.3 Å². The van der Waals surface area contributed by atoms with Crippen LogP contribution in [0.1, 0.15) is 40.0 Å². The van der Waals surface area contributed by atoms with Gasteiger partial charge in [0.15, 0.2) is 5.78 Å². The van der Waals surface area contributed by atoms with E-state index in [0.29, 0.717) is 11.7 Å². The summed E-state index contributed by atoms with van der Waals surface area (Å²) in [4.78, 5) is 21.0. The first-order chi connectivity index (χ1) is 8.56. The van der Waals surface area contributed by atoms with Gasteiger partial charge in [-0.25, -0.2) is 0 Å². The summed E-state index contributed by atoms with van der Waals surface area (Å²) in [6.07, 6.45) is 11.1. The van der Waals surface area contributed by atoms with Crippen LogP contribution in [0.2, 0.25) is 0 Å². The van der Waals surface area contributed by atoms with Crippen molar-refractivity contribution in [2.75, 3.05) is 7.11 Å². The van der Waals surface area contributed by atoms with Crippen molar-refractivity contribution in [2.24, 2.45) is 11.8 Å². The topological polar surface area (TPSA) is 43.4 Å². The Balaban J connectivity index is 0.000000494. The Bertz CT molecular complexity index is 316. The van der Waals surface area contributed by atoms with E-state index in [1.807, 2.05) is 0 Å². The third-order valence-electron chi connectivity index (χ3n) is 2.94. The lowest BCUT2D eigenvalue weighted by Gasteiger charge is -2.13. The van der Waals surface area contributed by atoms with Gasteiger partial charge in [-0.1, -0.05) is 32.1 Å². The van der Waals surface area contributed by atoms with Gasteiger partial charge in [-0.3, -0.25) is 9.59 Å². The summed E-state index contributed by atoms with van der Waals surface area (Å²) in [5, 5.41) is 0. The van der Waals surface area contributed by atoms with Gasteiger partial charge in [-0.05, 0) is 31.3 Å². The predicted octanol–water partition coefficient (Wildman–Crippen LogP) is 3.30. The van der Waals surface area contributed by atoms with E-state index in [0.717, 1.165) is 19.3 Å². The predicted molar refractivity (Wildman–Crippen MR) is 73.2 cm³/mol. The van der Waals surface area contributed by atoms with Crippen LogP contribution in [0, 0.1) is 11.8 Å². The largest absolute Gasteiger partial charge is 0.469 e. The van der Waals surface area contributed by atoms with Crippen molar-refractivity contribution in [2.45, 2.75) is 40.0 Å². The maximum Gasteiger partial charge on any atom is 0.302 e. The molecule has 0 fully saturated rings. The standard InChI is InChI=1S/C12H18O.C3H6O2/c1-3-5-6-7-11-10(4-2)8-9-12(11)13;1-3(4)5-2/h5-6,8-11H,3-4,7H2,1-2H3;1-2H3/b6-5+;/t10?,11-;/m1./s1. The highest BCUT2D eigenvalue weighted by atomic mass is 16.5. The van der Waals surface area contributed by atoms with Gasteiger partial charge in [0.05, 0.1) is 7.11 Å². The molecule has 0 amide bonds. The molecule has 0 spiro atoms. The lowest BCUT2D eigenvalue weighted by molar-refractivity contribution is -0.137. The van der Waals surface area contributed by atoms with Crippen molar-refractivity contribution in [1.82, 2.24) is 0 Å². The van der Waals surface area contributed by atoms with Gasteiger partial charge < -0.3 is 4.74 Å². The minimum Gasteiger partial charge on any atom is -0.469 e. The average Bonchev–Trinajstić information content (AvgIpc) is 2.71. The van der Waals surface area contributed by atoms with E-state index >= 15 is 0 Å². The van der Waals surface area contributed by atoms with Crippen LogP contribution in [0.5, 0.6) is 0 Å². The van der Waals surface area contributed by atoms with Gasteiger partial charge in [0, 0.05) is 12.8 Å². The summed E-state index contributed by atoms with van der Waals surface area (Å²) < 4.78 is 4.11. The fourth-order valence-electron chi connectivity index (χ4n) is 1.81. The van der Waals surface area contributed by atoms with Crippen LogP contribution in [-0.4, -0.2) is 18.9 Å². The SMILES string of the molecule is CC/C=C/C[C@H]1C(=O)C=CC1CC.COC(C)=O. The molecular formula is C15H24O3. The zero-order chi connectivity index (χ0) is 14.0. The fraction of sp³-hybridized carbons (Fsp3) is 0.600. The molecular weight excluding hydrogens is 228 g/mol. The van der Waals surface area contributed by atoms with Crippen LogP contribution < -0.4 is 0 Å². The minimum absolute atomic E-state index is 0.229. The Morgan fingerprint density at radius 3 is 2.44 bits per heavy atom. The van der Waals surface area contributed by atoms with E-state index in [9.17, 15) is 9.59 Å². The number of rotatable bonds is 4. The summed E-state index contributed by atoms with van der Waals surface area (Å²) in [6.45, 7) is 5.62. The van der Waals surface area contributed by atoms with E-state index in [-0.39, 0.29) is 11.9 Å². The van der Waals surface area contributed by atoms with E-state index in [4.69, 9.17) is 0 Å². The molecule has 3 heteroatoms. The van der Waals surface area contributed by atoms with Gasteiger partial charge in [0.25, 0.3) is 0 Å². The summed E-state index contributed by atoms with van der Waals surface area (Å²) in [5.41, 5.74) is 0. The monoisotopic (exact) mass is 252 g/mol. The van der Waals surface area contributed by atoms with Gasteiger partial charge >= 0.3 is 5.97 Å². The van der Waals surface area contributed by atoms with Crippen molar-refractivity contribution in [3.63, 3.8) is 0 Å². The summed E-state index contributed by atoms with van der Waals surface area (Å²) in [6, 6.07) is 0. The van der Waals surface area contributed by atoms with Crippen LogP contribution in [0.3, 0.4) is 0 Å². The maximum atomic E-state index is 11.4. The number of carbonyl (C=O) groups excluding carboxylic acids is 2. The molecule has 102 valence electrons. The maximum absolute atomic E-state index is 11.4. The van der Waals surface area contributed by atoms with Crippen molar-refractivity contribution in [3.8, 4) is 0 Å². The van der Waals surface area contributed by atoms with E-state index in [1.165, 1.54) is 14.0 Å². The fourth-order valence-corrected chi connectivity index (χ4v) is 1.81. The highest BCUT2D eigenvalue weighted by Crippen LogP contribution is 2.28. The smallest absolute Gasteiger partial charge is 0.302 e. The normalized spacial score (nSPS) is 21.9. The Morgan fingerprint density at radius 1 is 1.39 bits per heavy atom. The van der Waals surface area contributed by atoms with Crippen molar-refractivity contribution in [1.29, 1.82) is 0 Å². The highest BCUT2D eigenvalue weighted by molar-refractivity contribution is 5.94. The second kappa shape index (κ2) is 9.63. The molecule has 1 aliphatic carbocycles. The number of allylic oxidation sites excluding steroid dienone is 4. The van der Waals surface area contributed by atoms with Gasteiger partial charge in [-0.15, -0.1) is 0 Å². The molecule has 0 aromatic rings. The van der Waals surface area contributed by atoms with Crippen LogP contribution >= 0.6 is 0 Å². The number of hydrogen-bond acceptors (Lipinski definition) is 3. The molecule has 0 heterocycles. The quantitative estimate of drug-likeness (QED) is 0.569. The minimum atomic E-state index is -0.245. The molecule has 0 radical (unpaired) electrons. The zero-order valence-corrected chi connectivity index (χ0v) is 11.8. The number of carbonyl (C=O) groups is 2. The molecule has 0 bridgehead atoms. The number of hydrogen-bond donors (Lipinski definition) is 0. The molecule has 0 aromatic carbocycles. The highest BCUT2D eigenvalue weighted by Gasteiger charge is 2.27. The lowest BCUT2D eigenvalue weighted by atomic mass is 9.89. The molecule has 3 nitrogen and oxygen atoms in total. The molecule has 1 unspecified atom stereocenters. The molecule has 0 aliphatic heterocycles. The number of methoxy groups -OCH3 is 1. The van der Waals surface area contributed by atoms with Crippen molar-refractivity contribution >= 4 is 11.8 Å². The molecule has 1 aliphatic rings. The van der Waals surface area contributed by atoms with Crippen LogP contribution in [0.25, 0.3) is 0 Å². The number of ether oxygens (including phenoxy) is 1. The van der Waals surface area contributed by atoms with Gasteiger partial charge in [0.1, 0.15) is 0 Å². The summed E-state index contributed by atoms with van der Waals surface area (Å²) >= 11 is 0. The molecule has 1 rings (SSSR count). The second-order valence-corrected chi connectivity index (χ2v) is 4.25. The first-order valence-electron chi connectivity index (χ1n) is 6.48. The Kier molecular flexibility index (Phi) is 8.89. The molecule has 0 aromatic heterocycles. The zero-order valence-electron chi connectivity index (χ0n) is 11.8. The van der Waals surface area contributed by atoms with Crippen LogP contribution in [0.4, 0.5) is 0 Å². The number of esters is 1.